The molecular weight excluding hydrogens is 571 g/mol. The monoisotopic (exact) mass is 603 g/mol. The fourth-order valence-electron chi connectivity index (χ4n) is 4.96. The molecule has 228 valence electrons. The van der Waals surface area contributed by atoms with Gasteiger partial charge in [-0.25, -0.2) is 14.5 Å². The highest BCUT2D eigenvalue weighted by molar-refractivity contribution is 6.09. The van der Waals surface area contributed by atoms with Crippen LogP contribution in [0.5, 0.6) is 0 Å². The summed E-state index contributed by atoms with van der Waals surface area (Å²) in [6.07, 6.45) is -4.14. The van der Waals surface area contributed by atoms with Crippen molar-refractivity contribution in [3.8, 4) is 17.2 Å². The SMILES string of the molecule is CC1=C(c2ccccc2-c2ccc(C#N)cc2)CN(C(=O)NCCCC(=O)NC(C)C)C(=O)N1c1cccc(C(F)(F)F)c1. The van der Waals surface area contributed by atoms with E-state index in [0.717, 1.165) is 33.1 Å². The zero-order valence-corrected chi connectivity index (χ0v) is 24.5. The summed E-state index contributed by atoms with van der Waals surface area (Å²) in [5.41, 5.74) is 2.61. The third-order valence-corrected chi connectivity index (χ3v) is 7.07. The predicted molar refractivity (Wildman–Crippen MR) is 161 cm³/mol. The molecule has 4 rings (SSSR count). The molecule has 3 aromatic carbocycles. The van der Waals surface area contributed by atoms with Crippen molar-refractivity contribution in [2.75, 3.05) is 18.0 Å². The van der Waals surface area contributed by atoms with Crippen LogP contribution in [0.15, 0.2) is 78.5 Å². The number of hydrogen-bond acceptors (Lipinski definition) is 4. The normalized spacial score (nSPS) is 13.6. The van der Waals surface area contributed by atoms with Crippen LogP contribution in [0.25, 0.3) is 16.7 Å². The lowest BCUT2D eigenvalue weighted by atomic mass is 9.91. The quantitative estimate of drug-likeness (QED) is 0.272. The van der Waals surface area contributed by atoms with E-state index in [4.69, 9.17) is 0 Å². The van der Waals surface area contributed by atoms with Crippen LogP contribution in [0.1, 0.15) is 50.3 Å². The lowest BCUT2D eigenvalue weighted by Gasteiger charge is -2.37. The molecule has 1 aliphatic rings. The maximum atomic E-state index is 13.8. The van der Waals surface area contributed by atoms with Crippen LogP contribution in [0.4, 0.5) is 28.4 Å². The van der Waals surface area contributed by atoms with E-state index in [1.807, 2.05) is 32.0 Å². The number of allylic oxidation sites excluding steroid dienone is 1. The van der Waals surface area contributed by atoms with Gasteiger partial charge in [-0.15, -0.1) is 0 Å². The Kier molecular flexibility index (Phi) is 9.73. The predicted octanol–water partition coefficient (Wildman–Crippen LogP) is 6.93. The van der Waals surface area contributed by atoms with Gasteiger partial charge in [0.05, 0.1) is 29.4 Å². The van der Waals surface area contributed by atoms with E-state index < -0.39 is 23.8 Å². The fraction of sp³-hybridized carbons (Fsp3) is 0.273. The number of nitriles is 1. The van der Waals surface area contributed by atoms with E-state index in [1.165, 1.54) is 12.1 Å². The van der Waals surface area contributed by atoms with Gasteiger partial charge < -0.3 is 10.6 Å². The van der Waals surface area contributed by atoms with E-state index in [1.54, 1.807) is 37.3 Å². The van der Waals surface area contributed by atoms with Gasteiger partial charge in [0.1, 0.15) is 0 Å². The van der Waals surface area contributed by atoms with Crippen LogP contribution in [0.2, 0.25) is 0 Å². The van der Waals surface area contributed by atoms with E-state index in [2.05, 4.69) is 16.7 Å². The van der Waals surface area contributed by atoms with Crippen molar-refractivity contribution < 1.29 is 27.6 Å². The van der Waals surface area contributed by atoms with Crippen LogP contribution >= 0.6 is 0 Å². The molecule has 8 nitrogen and oxygen atoms in total. The Morgan fingerprint density at radius 3 is 2.32 bits per heavy atom. The minimum atomic E-state index is -4.64. The van der Waals surface area contributed by atoms with Gasteiger partial charge in [0, 0.05) is 24.7 Å². The number of nitrogens with one attached hydrogen (secondary N) is 2. The topological polar surface area (TPSA) is 106 Å². The number of benzene rings is 3. The molecule has 3 aromatic rings. The van der Waals surface area contributed by atoms with Crippen molar-refractivity contribution in [3.05, 3.63) is 95.2 Å². The van der Waals surface area contributed by atoms with E-state index in [0.29, 0.717) is 28.8 Å². The average molecular weight is 604 g/mol. The number of amides is 5. The molecule has 0 radical (unpaired) electrons. The number of rotatable bonds is 8. The number of halogens is 3. The molecule has 0 aliphatic carbocycles. The van der Waals surface area contributed by atoms with Gasteiger partial charge in [-0.1, -0.05) is 42.5 Å². The van der Waals surface area contributed by atoms with E-state index in [-0.39, 0.29) is 37.1 Å². The maximum Gasteiger partial charge on any atom is 0.416 e. The van der Waals surface area contributed by atoms with Gasteiger partial charge in [-0.05, 0) is 79.8 Å². The zero-order chi connectivity index (χ0) is 32.0. The van der Waals surface area contributed by atoms with Gasteiger partial charge >= 0.3 is 18.2 Å². The summed E-state index contributed by atoms with van der Waals surface area (Å²) in [5.74, 6) is -0.167. The van der Waals surface area contributed by atoms with Crippen molar-refractivity contribution in [1.29, 1.82) is 5.26 Å². The molecule has 1 heterocycles. The highest BCUT2D eigenvalue weighted by Crippen LogP contribution is 2.38. The summed E-state index contributed by atoms with van der Waals surface area (Å²) in [6.45, 7) is 5.27. The zero-order valence-electron chi connectivity index (χ0n) is 24.5. The Bertz CT molecular complexity index is 1620. The van der Waals surface area contributed by atoms with E-state index >= 15 is 0 Å². The van der Waals surface area contributed by atoms with Crippen molar-refractivity contribution in [2.24, 2.45) is 0 Å². The first kappa shape index (κ1) is 31.8. The molecule has 0 bridgehead atoms. The Morgan fingerprint density at radius 2 is 1.68 bits per heavy atom. The smallest absolute Gasteiger partial charge is 0.354 e. The largest absolute Gasteiger partial charge is 0.416 e. The molecule has 0 atom stereocenters. The van der Waals surface area contributed by atoms with Gasteiger partial charge in [0.2, 0.25) is 5.91 Å². The molecule has 0 aromatic heterocycles. The number of urea groups is 2. The van der Waals surface area contributed by atoms with Crippen molar-refractivity contribution in [1.82, 2.24) is 15.5 Å². The second kappa shape index (κ2) is 13.5. The Hall–Kier alpha value is -5.11. The summed E-state index contributed by atoms with van der Waals surface area (Å²) in [6, 6.07) is 19.1. The second-order valence-electron chi connectivity index (χ2n) is 10.6. The van der Waals surface area contributed by atoms with Gasteiger partial charge in [0.15, 0.2) is 0 Å². The summed E-state index contributed by atoms with van der Waals surface area (Å²) < 4.78 is 40.9. The van der Waals surface area contributed by atoms with Crippen LogP contribution in [-0.4, -0.2) is 42.0 Å². The fourth-order valence-corrected chi connectivity index (χ4v) is 4.96. The Labute approximate surface area is 253 Å². The molecule has 0 saturated heterocycles. The first-order valence-electron chi connectivity index (χ1n) is 14.1. The third-order valence-electron chi connectivity index (χ3n) is 7.07. The summed E-state index contributed by atoms with van der Waals surface area (Å²) >= 11 is 0. The van der Waals surface area contributed by atoms with Gasteiger partial charge in [-0.3, -0.25) is 9.69 Å². The number of imide groups is 1. The van der Waals surface area contributed by atoms with Crippen LogP contribution in [-0.2, 0) is 11.0 Å². The molecule has 44 heavy (non-hydrogen) atoms. The molecule has 5 amide bonds. The van der Waals surface area contributed by atoms with Crippen molar-refractivity contribution in [3.63, 3.8) is 0 Å². The number of alkyl halides is 3. The number of nitrogens with zero attached hydrogens (tertiary/aromatic N) is 3. The lowest BCUT2D eigenvalue weighted by Crippen LogP contribution is -2.53. The molecular formula is C33H32F3N5O3. The Balaban J connectivity index is 1.73. The highest BCUT2D eigenvalue weighted by Gasteiger charge is 2.38. The van der Waals surface area contributed by atoms with E-state index in [9.17, 15) is 32.8 Å². The van der Waals surface area contributed by atoms with Crippen LogP contribution < -0.4 is 15.5 Å². The molecule has 0 unspecified atom stereocenters. The number of anilines is 1. The first-order valence-corrected chi connectivity index (χ1v) is 14.1. The molecule has 0 saturated carbocycles. The standard InChI is InChI=1S/C33H32F3N5O3/c1-21(2)39-30(42)12-7-17-38-31(43)40-20-29(28-11-5-4-10-27(28)24-15-13-23(19-37)14-16-24)22(3)41(32(40)44)26-9-6-8-25(18-26)33(34,35)36/h4-6,8-11,13-16,18,21H,7,12,17,20H2,1-3H3,(H,38,43)(H,39,42). The summed E-state index contributed by atoms with van der Waals surface area (Å²) in [4.78, 5) is 41.2. The maximum absolute atomic E-state index is 13.8. The second-order valence-corrected chi connectivity index (χ2v) is 10.6. The first-order chi connectivity index (χ1) is 20.9. The van der Waals surface area contributed by atoms with Crippen LogP contribution in [0, 0.1) is 11.3 Å². The summed E-state index contributed by atoms with van der Waals surface area (Å²) in [5, 5.41) is 14.7. The minimum Gasteiger partial charge on any atom is -0.354 e. The van der Waals surface area contributed by atoms with Crippen molar-refractivity contribution >= 4 is 29.2 Å². The number of hydrogen-bond donors (Lipinski definition) is 2. The number of carbonyl (C=O) groups excluding carboxylic acids is 3. The molecule has 0 fully saturated rings. The molecule has 1 aliphatic heterocycles. The van der Waals surface area contributed by atoms with Gasteiger partial charge in [0.25, 0.3) is 0 Å². The highest BCUT2D eigenvalue weighted by atomic mass is 19.4. The van der Waals surface area contributed by atoms with Crippen LogP contribution in [0.3, 0.4) is 0 Å². The lowest BCUT2D eigenvalue weighted by molar-refractivity contribution is -0.137. The third kappa shape index (κ3) is 7.26. The average Bonchev–Trinajstić information content (AvgIpc) is 2.99. The number of carbonyl (C=O) groups is 3. The van der Waals surface area contributed by atoms with Crippen molar-refractivity contribution in [2.45, 2.75) is 45.8 Å². The van der Waals surface area contributed by atoms with Gasteiger partial charge in [-0.2, -0.15) is 18.4 Å². The Morgan fingerprint density at radius 1 is 1.00 bits per heavy atom. The minimum absolute atomic E-state index is 0.0227. The molecule has 0 spiro atoms. The molecule has 2 N–H and O–H groups in total. The summed E-state index contributed by atoms with van der Waals surface area (Å²) in [7, 11) is 0. The molecule has 11 heteroatoms.